The Morgan fingerprint density at radius 3 is 3.00 bits per heavy atom. The maximum absolute atomic E-state index is 5.53. The first-order valence-corrected chi connectivity index (χ1v) is 5.31. The summed E-state index contributed by atoms with van der Waals surface area (Å²) >= 11 is 3.54. The lowest BCUT2D eigenvalue weighted by molar-refractivity contribution is 0.945. The molecule has 74 valence electrons. The van der Waals surface area contributed by atoms with Gasteiger partial charge in [0.25, 0.3) is 0 Å². The number of aromatic nitrogens is 2. The molecule has 0 spiro atoms. The molecule has 3 nitrogen and oxygen atoms in total. The predicted octanol–water partition coefficient (Wildman–Crippen LogP) is 1.84. The molecule has 2 N–H and O–H groups in total. The zero-order valence-corrected chi connectivity index (χ0v) is 9.58. The molecule has 0 saturated heterocycles. The molecule has 0 aliphatic carbocycles. The van der Waals surface area contributed by atoms with Crippen molar-refractivity contribution in [3.05, 3.63) is 28.5 Å². The van der Waals surface area contributed by atoms with Gasteiger partial charge in [-0.3, -0.25) is 0 Å². The highest BCUT2D eigenvalue weighted by Crippen LogP contribution is 2.23. The van der Waals surface area contributed by atoms with Crippen LogP contribution in [0.3, 0.4) is 0 Å². The monoisotopic (exact) mass is 253 g/mol. The summed E-state index contributed by atoms with van der Waals surface area (Å²) < 4.78 is 3.12. The number of benzene rings is 1. The van der Waals surface area contributed by atoms with Crippen LogP contribution in [0.4, 0.5) is 0 Å². The molecule has 0 radical (unpaired) electrons. The predicted molar refractivity (Wildman–Crippen MR) is 61.2 cm³/mol. The third-order valence-corrected chi connectivity index (χ3v) is 3.05. The molecular weight excluding hydrogens is 242 g/mol. The second-order valence-corrected chi connectivity index (χ2v) is 4.18. The van der Waals surface area contributed by atoms with Crippen LogP contribution in [0, 0.1) is 0 Å². The highest BCUT2D eigenvalue weighted by molar-refractivity contribution is 9.10. The molecule has 2 rings (SSSR count). The minimum atomic E-state index is 0.664. The van der Waals surface area contributed by atoms with Crippen LogP contribution in [0.2, 0.25) is 0 Å². The van der Waals surface area contributed by atoms with Crippen LogP contribution in [0.15, 0.2) is 22.9 Å². The standard InChI is InChI=1S/C10H12BrN3/c1-14-6-13-9-4-7(2-3-12)8(11)5-10(9)14/h4-6H,2-3,12H2,1H3. The van der Waals surface area contributed by atoms with Crippen LogP contribution in [0.5, 0.6) is 0 Å². The highest BCUT2D eigenvalue weighted by atomic mass is 79.9. The average Bonchev–Trinajstić information content (AvgIpc) is 2.50. The van der Waals surface area contributed by atoms with Gasteiger partial charge in [-0.25, -0.2) is 4.98 Å². The van der Waals surface area contributed by atoms with E-state index in [-0.39, 0.29) is 0 Å². The Morgan fingerprint density at radius 1 is 1.50 bits per heavy atom. The van der Waals surface area contributed by atoms with Crippen molar-refractivity contribution in [2.24, 2.45) is 12.8 Å². The number of aryl methyl sites for hydroxylation is 1. The van der Waals surface area contributed by atoms with Crippen LogP contribution < -0.4 is 5.73 Å². The Hall–Kier alpha value is -0.870. The molecule has 0 saturated carbocycles. The highest BCUT2D eigenvalue weighted by Gasteiger charge is 2.05. The number of imidazole rings is 1. The van der Waals surface area contributed by atoms with Crippen molar-refractivity contribution in [3.63, 3.8) is 0 Å². The lowest BCUT2D eigenvalue weighted by Gasteiger charge is -2.03. The molecule has 1 aromatic carbocycles. The molecule has 0 aliphatic heterocycles. The van der Waals surface area contributed by atoms with E-state index in [4.69, 9.17) is 5.73 Å². The fraction of sp³-hybridized carbons (Fsp3) is 0.300. The van der Waals surface area contributed by atoms with Gasteiger partial charge in [-0.05, 0) is 30.7 Å². The van der Waals surface area contributed by atoms with E-state index in [1.54, 1.807) is 0 Å². The summed E-state index contributed by atoms with van der Waals surface area (Å²) in [5.74, 6) is 0. The zero-order chi connectivity index (χ0) is 10.1. The average molecular weight is 254 g/mol. The van der Waals surface area contributed by atoms with E-state index < -0.39 is 0 Å². The molecular formula is C10H12BrN3. The minimum absolute atomic E-state index is 0.664. The van der Waals surface area contributed by atoms with Gasteiger partial charge in [0, 0.05) is 11.5 Å². The topological polar surface area (TPSA) is 43.8 Å². The van der Waals surface area contributed by atoms with Crippen molar-refractivity contribution in [2.45, 2.75) is 6.42 Å². The van der Waals surface area contributed by atoms with Gasteiger partial charge in [0.05, 0.1) is 17.4 Å². The van der Waals surface area contributed by atoms with Crippen molar-refractivity contribution in [3.8, 4) is 0 Å². The zero-order valence-electron chi connectivity index (χ0n) is 8.00. The number of hydrogen-bond acceptors (Lipinski definition) is 2. The summed E-state index contributed by atoms with van der Waals surface area (Å²) in [5, 5.41) is 0. The van der Waals surface area contributed by atoms with Crippen molar-refractivity contribution in [1.29, 1.82) is 0 Å². The van der Waals surface area contributed by atoms with Crippen molar-refractivity contribution in [2.75, 3.05) is 6.54 Å². The number of rotatable bonds is 2. The Balaban J connectivity index is 2.60. The molecule has 14 heavy (non-hydrogen) atoms. The second kappa shape index (κ2) is 3.71. The van der Waals surface area contributed by atoms with Crippen LogP contribution in [-0.4, -0.2) is 16.1 Å². The molecule has 1 heterocycles. The molecule has 0 bridgehead atoms. The van der Waals surface area contributed by atoms with Gasteiger partial charge < -0.3 is 10.3 Å². The molecule has 0 aliphatic rings. The minimum Gasteiger partial charge on any atom is -0.334 e. The van der Waals surface area contributed by atoms with Gasteiger partial charge in [0.15, 0.2) is 0 Å². The second-order valence-electron chi connectivity index (χ2n) is 3.33. The first kappa shape index (κ1) is 9.68. The summed E-state index contributed by atoms with van der Waals surface area (Å²) in [6.45, 7) is 0.664. The summed E-state index contributed by atoms with van der Waals surface area (Å²) in [7, 11) is 1.99. The quantitative estimate of drug-likeness (QED) is 0.888. The molecule has 0 atom stereocenters. The fourth-order valence-electron chi connectivity index (χ4n) is 1.54. The lowest BCUT2D eigenvalue weighted by Crippen LogP contribution is -2.03. The molecule has 4 heteroatoms. The molecule has 1 aromatic heterocycles. The van der Waals surface area contributed by atoms with Gasteiger partial charge in [-0.15, -0.1) is 0 Å². The first-order valence-electron chi connectivity index (χ1n) is 4.52. The van der Waals surface area contributed by atoms with E-state index >= 15 is 0 Å². The summed E-state index contributed by atoms with van der Waals surface area (Å²) in [5.41, 5.74) is 8.92. The normalized spacial score (nSPS) is 11.1. The van der Waals surface area contributed by atoms with E-state index in [9.17, 15) is 0 Å². The number of fused-ring (bicyclic) bond motifs is 1. The number of nitrogens with two attached hydrogens (primary N) is 1. The maximum atomic E-state index is 5.53. The van der Waals surface area contributed by atoms with E-state index in [2.05, 4.69) is 33.0 Å². The molecule has 0 fully saturated rings. The van der Waals surface area contributed by atoms with Gasteiger partial charge in [-0.2, -0.15) is 0 Å². The van der Waals surface area contributed by atoms with Crippen LogP contribution in [-0.2, 0) is 13.5 Å². The Kier molecular flexibility index (Phi) is 2.56. The fourth-order valence-corrected chi connectivity index (χ4v) is 2.07. The first-order chi connectivity index (χ1) is 6.72. The van der Waals surface area contributed by atoms with Crippen LogP contribution >= 0.6 is 15.9 Å². The van der Waals surface area contributed by atoms with Gasteiger partial charge in [0.2, 0.25) is 0 Å². The van der Waals surface area contributed by atoms with Gasteiger partial charge in [0.1, 0.15) is 0 Å². The van der Waals surface area contributed by atoms with E-state index in [0.29, 0.717) is 6.54 Å². The summed E-state index contributed by atoms with van der Waals surface area (Å²) in [6.07, 6.45) is 2.70. The van der Waals surface area contributed by atoms with E-state index in [0.717, 1.165) is 21.9 Å². The van der Waals surface area contributed by atoms with Gasteiger partial charge in [-0.1, -0.05) is 15.9 Å². The summed E-state index contributed by atoms with van der Waals surface area (Å²) in [6, 6.07) is 4.18. The van der Waals surface area contributed by atoms with Crippen LogP contribution in [0.1, 0.15) is 5.56 Å². The molecule has 2 aromatic rings. The van der Waals surface area contributed by atoms with Crippen LogP contribution in [0.25, 0.3) is 11.0 Å². The lowest BCUT2D eigenvalue weighted by atomic mass is 10.1. The number of hydrogen-bond donors (Lipinski definition) is 1. The largest absolute Gasteiger partial charge is 0.334 e. The third kappa shape index (κ3) is 1.55. The van der Waals surface area contributed by atoms with Crippen molar-refractivity contribution < 1.29 is 0 Å². The molecule has 0 unspecified atom stereocenters. The SMILES string of the molecule is Cn1cnc2cc(CCN)c(Br)cc21. The van der Waals surface area contributed by atoms with Crippen molar-refractivity contribution >= 4 is 27.0 Å². The van der Waals surface area contributed by atoms with E-state index in [1.807, 2.05) is 17.9 Å². The number of nitrogens with zero attached hydrogens (tertiary/aromatic N) is 2. The van der Waals surface area contributed by atoms with Gasteiger partial charge >= 0.3 is 0 Å². The summed E-state index contributed by atoms with van der Waals surface area (Å²) in [4.78, 5) is 4.30. The maximum Gasteiger partial charge on any atom is 0.0955 e. The Morgan fingerprint density at radius 2 is 2.29 bits per heavy atom. The smallest absolute Gasteiger partial charge is 0.0955 e. The Labute approximate surface area is 91.1 Å². The van der Waals surface area contributed by atoms with E-state index in [1.165, 1.54) is 5.56 Å². The number of halogens is 1. The molecule has 0 amide bonds. The van der Waals surface area contributed by atoms with Crippen molar-refractivity contribution in [1.82, 2.24) is 9.55 Å². The Bertz CT molecular complexity index is 462. The third-order valence-electron chi connectivity index (χ3n) is 2.31.